The number of rotatable bonds is 3. The number of amides is 1. The van der Waals surface area contributed by atoms with Gasteiger partial charge in [-0.2, -0.15) is 5.10 Å². The minimum Gasteiger partial charge on any atom is -0.490 e. The van der Waals surface area contributed by atoms with Gasteiger partial charge >= 0.3 is 5.97 Å². The fraction of sp³-hybridized carbons (Fsp3) is 0.421. The second kappa shape index (κ2) is 6.48. The fourth-order valence-corrected chi connectivity index (χ4v) is 3.74. The van der Waals surface area contributed by atoms with Crippen LogP contribution >= 0.6 is 0 Å². The van der Waals surface area contributed by atoms with Gasteiger partial charge in [0.25, 0.3) is 5.91 Å². The lowest BCUT2D eigenvalue weighted by atomic mass is 10.0. The first-order chi connectivity index (χ1) is 12.5. The average molecular weight is 355 g/mol. The molecule has 1 N–H and O–H groups in total. The minimum atomic E-state index is -0.991. The van der Waals surface area contributed by atoms with E-state index in [9.17, 15) is 9.59 Å². The number of likely N-dealkylation sites (tertiary alicyclic amines) is 1. The number of aromatic carboxylic acids is 1. The Morgan fingerprint density at radius 1 is 1.31 bits per heavy atom. The molecule has 0 bridgehead atoms. The lowest BCUT2D eigenvalue weighted by Gasteiger charge is -2.33. The Labute approximate surface area is 151 Å². The van der Waals surface area contributed by atoms with Gasteiger partial charge in [-0.15, -0.1) is 0 Å². The molecule has 2 atom stereocenters. The van der Waals surface area contributed by atoms with E-state index in [1.54, 1.807) is 4.68 Å². The number of ether oxygens (including phenoxy) is 1. The van der Waals surface area contributed by atoms with Gasteiger partial charge in [0.15, 0.2) is 0 Å². The van der Waals surface area contributed by atoms with Gasteiger partial charge < -0.3 is 14.7 Å². The minimum absolute atomic E-state index is 0.00131. The number of piperidine rings is 1. The van der Waals surface area contributed by atoms with Crippen LogP contribution in [0.5, 0.6) is 5.75 Å². The van der Waals surface area contributed by atoms with E-state index in [4.69, 9.17) is 9.84 Å². The monoisotopic (exact) mass is 355 g/mol. The molecular weight excluding hydrogens is 334 g/mol. The molecule has 1 saturated heterocycles. The molecule has 1 amide bonds. The van der Waals surface area contributed by atoms with Gasteiger partial charge in [-0.25, -0.2) is 4.79 Å². The number of carboxylic acid groups (broad SMARTS) is 1. The van der Waals surface area contributed by atoms with Crippen molar-refractivity contribution < 1.29 is 19.4 Å². The Balaban J connectivity index is 1.50. The zero-order chi connectivity index (χ0) is 18.3. The Hall–Kier alpha value is -2.83. The van der Waals surface area contributed by atoms with Crippen LogP contribution in [0.1, 0.15) is 52.1 Å². The molecule has 0 spiro atoms. The van der Waals surface area contributed by atoms with E-state index in [2.05, 4.69) is 5.10 Å². The van der Waals surface area contributed by atoms with Crippen LogP contribution in [-0.4, -0.2) is 50.9 Å². The summed E-state index contributed by atoms with van der Waals surface area (Å²) in [6.45, 7) is 3.25. The Bertz CT molecular complexity index is 860. The molecule has 4 rings (SSSR count). The fourth-order valence-electron chi connectivity index (χ4n) is 3.74. The molecule has 3 heterocycles. The van der Waals surface area contributed by atoms with Crippen molar-refractivity contribution in [3.05, 3.63) is 47.3 Å². The van der Waals surface area contributed by atoms with Crippen molar-refractivity contribution >= 4 is 11.9 Å². The quantitative estimate of drug-likeness (QED) is 0.914. The first-order valence-corrected chi connectivity index (χ1v) is 8.87. The number of aromatic nitrogens is 2. The highest BCUT2D eigenvalue weighted by atomic mass is 16.5. The standard InChI is InChI=1S/C19H21N3O4/c1-12-7-14-8-13(4-5-17(14)26-12)18(23)21-6-2-3-16(11-21)22-10-15(9-20-22)19(24)25/h4-5,8-10,12,16H,2-3,6-7,11H2,1H3,(H,24,25). The molecule has 2 aromatic rings. The van der Waals surface area contributed by atoms with Crippen LogP contribution in [-0.2, 0) is 6.42 Å². The zero-order valence-corrected chi connectivity index (χ0v) is 14.6. The lowest BCUT2D eigenvalue weighted by molar-refractivity contribution is 0.0666. The summed E-state index contributed by atoms with van der Waals surface area (Å²) in [5.41, 5.74) is 1.92. The van der Waals surface area contributed by atoms with Crippen LogP contribution < -0.4 is 4.74 Å². The third-order valence-corrected chi connectivity index (χ3v) is 5.05. The van der Waals surface area contributed by atoms with Gasteiger partial charge in [0, 0.05) is 31.3 Å². The summed E-state index contributed by atoms with van der Waals surface area (Å²) in [5.74, 6) is -0.124. The van der Waals surface area contributed by atoms with Gasteiger partial charge in [-0.3, -0.25) is 9.48 Å². The maximum absolute atomic E-state index is 12.9. The Kier molecular flexibility index (Phi) is 4.14. The summed E-state index contributed by atoms with van der Waals surface area (Å²) in [7, 11) is 0. The van der Waals surface area contributed by atoms with E-state index in [0.29, 0.717) is 18.7 Å². The van der Waals surface area contributed by atoms with Gasteiger partial charge in [0.2, 0.25) is 0 Å². The van der Waals surface area contributed by atoms with Crippen molar-refractivity contribution in [2.75, 3.05) is 13.1 Å². The normalized spacial score (nSPS) is 22.0. The molecule has 136 valence electrons. The van der Waals surface area contributed by atoms with Crippen molar-refractivity contribution in [2.45, 2.75) is 38.3 Å². The maximum Gasteiger partial charge on any atom is 0.338 e. The number of hydrogen-bond donors (Lipinski definition) is 1. The van der Waals surface area contributed by atoms with E-state index in [1.165, 1.54) is 12.4 Å². The summed E-state index contributed by atoms with van der Waals surface area (Å²) in [6.07, 6.45) is 5.60. The predicted molar refractivity (Wildman–Crippen MR) is 93.6 cm³/mol. The molecule has 0 radical (unpaired) electrons. The molecule has 26 heavy (non-hydrogen) atoms. The summed E-state index contributed by atoms with van der Waals surface area (Å²) in [6, 6.07) is 5.62. The van der Waals surface area contributed by atoms with Crippen LogP contribution in [0.2, 0.25) is 0 Å². The smallest absolute Gasteiger partial charge is 0.338 e. The Morgan fingerprint density at radius 2 is 2.15 bits per heavy atom. The van der Waals surface area contributed by atoms with Crippen LogP contribution in [0.4, 0.5) is 0 Å². The van der Waals surface area contributed by atoms with Gasteiger partial charge in [-0.1, -0.05) is 0 Å². The number of carbonyl (C=O) groups excluding carboxylic acids is 1. The summed E-state index contributed by atoms with van der Waals surface area (Å²) in [4.78, 5) is 25.8. The maximum atomic E-state index is 12.9. The predicted octanol–water partition coefficient (Wildman–Crippen LogP) is 2.38. The van der Waals surface area contributed by atoms with Gasteiger partial charge in [0.05, 0.1) is 17.8 Å². The second-order valence-electron chi connectivity index (χ2n) is 7.02. The number of hydrogen-bond acceptors (Lipinski definition) is 4. The molecule has 7 heteroatoms. The van der Waals surface area contributed by atoms with E-state index in [-0.39, 0.29) is 23.6 Å². The van der Waals surface area contributed by atoms with Crippen molar-refractivity contribution in [2.24, 2.45) is 0 Å². The molecule has 1 fully saturated rings. The summed E-state index contributed by atoms with van der Waals surface area (Å²) < 4.78 is 7.37. The third kappa shape index (κ3) is 3.05. The number of nitrogens with zero attached hydrogens (tertiary/aromatic N) is 3. The van der Waals surface area contributed by atoms with Crippen molar-refractivity contribution in [3.8, 4) is 5.75 Å². The number of benzene rings is 1. The lowest BCUT2D eigenvalue weighted by Crippen LogP contribution is -2.40. The van der Waals surface area contributed by atoms with Crippen LogP contribution in [0.25, 0.3) is 0 Å². The highest BCUT2D eigenvalue weighted by Crippen LogP contribution is 2.30. The van der Waals surface area contributed by atoms with Gasteiger partial charge in [-0.05, 0) is 43.5 Å². The topological polar surface area (TPSA) is 84.7 Å². The highest BCUT2D eigenvalue weighted by molar-refractivity contribution is 5.94. The Morgan fingerprint density at radius 3 is 2.92 bits per heavy atom. The average Bonchev–Trinajstić information content (AvgIpc) is 3.26. The highest BCUT2D eigenvalue weighted by Gasteiger charge is 2.28. The number of fused-ring (bicyclic) bond motifs is 1. The first-order valence-electron chi connectivity index (χ1n) is 8.87. The molecule has 0 saturated carbocycles. The van der Waals surface area contributed by atoms with Crippen LogP contribution in [0.15, 0.2) is 30.6 Å². The second-order valence-corrected chi connectivity index (χ2v) is 7.02. The molecule has 7 nitrogen and oxygen atoms in total. The van der Waals surface area contributed by atoms with E-state index >= 15 is 0 Å². The van der Waals surface area contributed by atoms with Gasteiger partial charge in [0.1, 0.15) is 11.9 Å². The molecule has 2 aliphatic heterocycles. The van der Waals surface area contributed by atoms with Crippen molar-refractivity contribution in [3.63, 3.8) is 0 Å². The molecule has 2 aliphatic rings. The largest absolute Gasteiger partial charge is 0.490 e. The van der Waals surface area contributed by atoms with Crippen molar-refractivity contribution in [1.82, 2.24) is 14.7 Å². The van der Waals surface area contributed by atoms with Crippen LogP contribution in [0, 0.1) is 0 Å². The molecule has 1 aromatic heterocycles. The molecule has 2 unspecified atom stereocenters. The summed E-state index contributed by atoms with van der Waals surface area (Å²) in [5, 5.41) is 13.2. The SMILES string of the molecule is CC1Cc2cc(C(=O)N3CCCC(n4cc(C(=O)O)cn4)C3)ccc2O1. The van der Waals surface area contributed by atoms with E-state index < -0.39 is 5.97 Å². The van der Waals surface area contributed by atoms with E-state index in [0.717, 1.165) is 30.6 Å². The summed E-state index contributed by atoms with van der Waals surface area (Å²) >= 11 is 0. The van der Waals surface area contributed by atoms with E-state index in [1.807, 2.05) is 30.0 Å². The first kappa shape index (κ1) is 16.6. The zero-order valence-electron chi connectivity index (χ0n) is 14.6. The molecular formula is C19H21N3O4. The van der Waals surface area contributed by atoms with Crippen molar-refractivity contribution in [1.29, 1.82) is 0 Å². The molecule has 1 aromatic carbocycles. The number of carbonyl (C=O) groups is 2. The van der Waals surface area contributed by atoms with Crippen LogP contribution in [0.3, 0.4) is 0 Å². The number of carboxylic acids is 1. The third-order valence-electron chi connectivity index (χ3n) is 5.05. The molecule has 0 aliphatic carbocycles.